The molecule has 2 aromatic rings. The number of rotatable bonds is 6. The van der Waals surface area contributed by atoms with Crippen LogP contribution in [0.15, 0.2) is 52.3 Å². The minimum Gasteiger partial charge on any atom is -0.480 e. The van der Waals surface area contributed by atoms with Gasteiger partial charge < -0.3 is 15.4 Å². The number of aromatic nitrogens is 4. The van der Waals surface area contributed by atoms with Crippen molar-refractivity contribution in [3.05, 3.63) is 47.9 Å². The number of hydrogen-bond acceptors (Lipinski definition) is 9. The maximum absolute atomic E-state index is 5.31. The van der Waals surface area contributed by atoms with Crippen LogP contribution in [-0.2, 0) is 0 Å². The van der Waals surface area contributed by atoms with Crippen molar-refractivity contribution in [2.24, 2.45) is 10.1 Å². The average Bonchev–Trinajstić information content (AvgIpc) is 3.23. The molecule has 0 aromatic carbocycles. The summed E-state index contributed by atoms with van der Waals surface area (Å²) in [5.74, 6) is 2.34. The Kier molecular flexibility index (Phi) is 5.91. The fourth-order valence-corrected chi connectivity index (χ4v) is 2.73. The maximum atomic E-state index is 5.31. The van der Waals surface area contributed by atoms with E-state index < -0.39 is 0 Å². The first-order valence-corrected chi connectivity index (χ1v) is 9.12. The van der Waals surface area contributed by atoms with Crippen LogP contribution in [0.2, 0.25) is 0 Å². The number of hydrazone groups is 1. The number of aliphatic imine (C=N–C) groups is 1. The minimum absolute atomic E-state index is 0.209. The highest BCUT2D eigenvalue weighted by molar-refractivity contribution is 6.06. The van der Waals surface area contributed by atoms with E-state index in [0.29, 0.717) is 34.7 Å². The lowest BCUT2D eigenvalue weighted by molar-refractivity contribution is 0.400. The zero-order valence-electron chi connectivity index (χ0n) is 17.2. The number of nitrogens with zero attached hydrogens (tertiary/aromatic N) is 7. The smallest absolute Gasteiger partial charge is 0.237 e. The number of anilines is 1. The van der Waals surface area contributed by atoms with Gasteiger partial charge in [0.2, 0.25) is 5.88 Å². The standard InChI is InChI=1S/C19H25N9O/c1-12(2)27-11-15(25-26-27)13(3)18-24-16(10-17(20-4)28(18)21-5)23-14-8-7-9-22-19(14)29-6/h7-12,20H,5H2,1-4,6H3,(H,23,24)/b18-13+. The molecule has 10 heteroatoms. The Labute approximate surface area is 169 Å². The van der Waals surface area contributed by atoms with Gasteiger partial charge in [-0.1, -0.05) is 5.21 Å². The molecule has 0 fully saturated rings. The van der Waals surface area contributed by atoms with Gasteiger partial charge in [-0.05, 0) is 32.9 Å². The van der Waals surface area contributed by atoms with Gasteiger partial charge in [-0.3, -0.25) is 0 Å². The highest BCUT2D eigenvalue weighted by atomic mass is 16.5. The van der Waals surface area contributed by atoms with Gasteiger partial charge in [-0.2, -0.15) is 10.1 Å². The molecule has 0 amide bonds. The molecule has 3 rings (SSSR count). The van der Waals surface area contributed by atoms with Gasteiger partial charge in [0.1, 0.15) is 23.0 Å². The van der Waals surface area contributed by atoms with E-state index in [1.807, 2.05) is 45.2 Å². The number of ether oxygens (including phenoxy) is 1. The molecule has 0 saturated carbocycles. The molecule has 1 aliphatic heterocycles. The third-order valence-corrected chi connectivity index (χ3v) is 4.31. The molecule has 0 spiro atoms. The molecule has 0 atom stereocenters. The maximum Gasteiger partial charge on any atom is 0.237 e. The summed E-state index contributed by atoms with van der Waals surface area (Å²) in [5.41, 5.74) is 2.22. The van der Waals surface area contributed by atoms with Gasteiger partial charge in [0.05, 0.1) is 13.3 Å². The van der Waals surface area contributed by atoms with E-state index in [9.17, 15) is 0 Å². The van der Waals surface area contributed by atoms with Crippen molar-refractivity contribution in [2.75, 3.05) is 19.5 Å². The van der Waals surface area contributed by atoms with E-state index >= 15 is 0 Å². The summed E-state index contributed by atoms with van der Waals surface area (Å²) < 4.78 is 7.11. The molecule has 0 aliphatic carbocycles. The molecular weight excluding hydrogens is 370 g/mol. The molecule has 3 heterocycles. The van der Waals surface area contributed by atoms with Crippen molar-refractivity contribution in [3.63, 3.8) is 0 Å². The Morgan fingerprint density at radius 2 is 2.14 bits per heavy atom. The molecular formula is C19H25N9O. The van der Waals surface area contributed by atoms with E-state index in [-0.39, 0.29) is 6.04 Å². The average molecular weight is 395 g/mol. The molecule has 2 N–H and O–H groups in total. The number of amidine groups is 1. The van der Waals surface area contributed by atoms with Crippen molar-refractivity contribution in [3.8, 4) is 5.88 Å². The number of nitrogens with one attached hydrogen (secondary N) is 2. The van der Waals surface area contributed by atoms with Crippen LogP contribution < -0.4 is 15.4 Å². The lowest BCUT2D eigenvalue weighted by atomic mass is 10.2. The summed E-state index contributed by atoms with van der Waals surface area (Å²) in [7, 11) is 3.38. The van der Waals surface area contributed by atoms with Crippen molar-refractivity contribution < 1.29 is 4.74 Å². The molecule has 2 aromatic heterocycles. The van der Waals surface area contributed by atoms with Gasteiger partial charge in [-0.25, -0.2) is 14.7 Å². The summed E-state index contributed by atoms with van der Waals surface area (Å²) in [4.78, 5) is 8.94. The predicted molar refractivity (Wildman–Crippen MR) is 113 cm³/mol. The molecule has 152 valence electrons. The molecule has 0 unspecified atom stereocenters. The quantitative estimate of drug-likeness (QED) is 0.724. The van der Waals surface area contributed by atoms with Crippen LogP contribution in [0.1, 0.15) is 32.5 Å². The zero-order valence-corrected chi connectivity index (χ0v) is 17.2. The SMILES string of the molecule is C=NN1C(NC)=CC(Nc2cccnc2OC)=N/C1=C(/C)c1cn(C(C)C)nn1. The largest absolute Gasteiger partial charge is 0.480 e. The second kappa shape index (κ2) is 8.55. The second-order valence-corrected chi connectivity index (χ2v) is 6.54. The molecule has 1 aliphatic rings. The minimum atomic E-state index is 0.209. The highest BCUT2D eigenvalue weighted by Crippen LogP contribution is 2.28. The van der Waals surface area contributed by atoms with E-state index in [2.05, 4.69) is 37.7 Å². The fraction of sp³-hybridized carbons (Fsp3) is 0.316. The van der Waals surface area contributed by atoms with E-state index in [1.54, 1.807) is 30.0 Å². The third-order valence-electron chi connectivity index (χ3n) is 4.31. The van der Waals surface area contributed by atoms with Crippen LogP contribution in [0.3, 0.4) is 0 Å². The van der Waals surface area contributed by atoms with Crippen LogP contribution in [0.4, 0.5) is 5.69 Å². The third kappa shape index (κ3) is 4.10. The lowest BCUT2D eigenvalue weighted by Gasteiger charge is -2.27. The first kappa shape index (κ1) is 20.1. The Bertz CT molecular complexity index is 987. The van der Waals surface area contributed by atoms with E-state index in [1.165, 1.54) is 0 Å². The second-order valence-electron chi connectivity index (χ2n) is 6.54. The molecule has 10 nitrogen and oxygen atoms in total. The summed E-state index contributed by atoms with van der Waals surface area (Å²) in [6, 6.07) is 3.89. The Hall–Kier alpha value is -3.69. The van der Waals surface area contributed by atoms with E-state index in [0.717, 1.165) is 5.57 Å². The molecule has 0 bridgehead atoms. The van der Waals surface area contributed by atoms with Gasteiger partial charge in [0, 0.05) is 37.7 Å². The van der Waals surface area contributed by atoms with Gasteiger partial charge in [0.15, 0.2) is 5.82 Å². The van der Waals surface area contributed by atoms with E-state index in [4.69, 9.17) is 9.73 Å². The molecule has 0 saturated heterocycles. The summed E-state index contributed by atoms with van der Waals surface area (Å²) in [5, 5.41) is 20.6. The topological polar surface area (TPSA) is 105 Å². The Balaban J connectivity index is 2.05. The summed E-state index contributed by atoms with van der Waals surface area (Å²) >= 11 is 0. The number of pyridine rings is 1. The van der Waals surface area contributed by atoms with Gasteiger partial charge in [0.25, 0.3) is 0 Å². The van der Waals surface area contributed by atoms with Crippen LogP contribution in [0, 0.1) is 0 Å². The number of hydrogen-bond donors (Lipinski definition) is 2. The predicted octanol–water partition coefficient (Wildman–Crippen LogP) is 2.45. The fourth-order valence-electron chi connectivity index (χ4n) is 2.73. The molecule has 29 heavy (non-hydrogen) atoms. The summed E-state index contributed by atoms with van der Waals surface area (Å²) in [6.45, 7) is 9.69. The lowest BCUT2D eigenvalue weighted by Crippen LogP contribution is -2.31. The highest BCUT2D eigenvalue weighted by Gasteiger charge is 2.23. The van der Waals surface area contributed by atoms with Crippen LogP contribution >= 0.6 is 0 Å². The van der Waals surface area contributed by atoms with Crippen molar-refractivity contribution >= 4 is 23.8 Å². The molecule has 0 radical (unpaired) electrons. The van der Waals surface area contributed by atoms with Crippen molar-refractivity contribution in [1.29, 1.82) is 0 Å². The van der Waals surface area contributed by atoms with Crippen LogP contribution in [-0.4, -0.2) is 51.7 Å². The first-order valence-electron chi connectivity index (χ1n) is 9.12. The normalized spacial score (nSPS) is 15.6. The zero-order chi connectivity index (χ0) is 21.0. The summed E-state index contributed by atoms with van der Waals surface area (Å²) in [6.07, 6.45) is 5.37. The van der Waals surface area contributed by atoms with Crippen molar-refractivity contribution in [1.82, 2.24) is 30.3 Å². The first-order chi connectivity index (χ1) is 14.0. The number of allylic oxidation sites excluding steroid dienone is 1. The van der Waals surface area contributed by atoms with Crippen LogP contribution in [0.5, 0.6) is 5.88 Å². The van der Waals surface area contributed by atoms with Gasteiger partial charge >= 0.3 is 0 Å². The Morgan fingerprint density at radius 1 is 1.34 bits per heavy atom. The Morgan fingerprint density at radius 3 is 2.76 bits per heavy atom. The number of methoxy groups -OCH3 is 1. The van der Waals surface area contributed by atoms with Crippen molar-refractivity contribution in [2.45, 2.75) is 26.8 Å². The van der Waals surface area contributed by atoms with Crippen LogP contribution in [0.25, 0.3) is 5.57 Å². The monoisotopic (exact) mass is 395 g/mol. The van der Waals surface area contributed by atoms with Gasteiger partial charge in [-0.15, -0.1) is 5.10 Å².